The molecule has 1 unspecified atom stereocenters. The van der Waals surface area contributed by atoms with E-state index in [1.54, 1.807) is 4.68 Å². The second-order valence-electron chi connectivity index (χ2n) is 6.57. The first-order valence-corrected chi connectivity index (χ1v) is 8.84. The summed E-state index contributed by atoms with van der Waals surface area (Å²) in [5.41, 5.74) is 3.37. The number of ether oxygens (including phenoxy) is 1. The maximum atomic E-state index is 12.8. The number of anilines is 2. The first-order valence-electron chi connectivity index (χ1n) is 8.84. The van der Waals surface area contributed by atoms with Gasteiger partial charge in [0.1, 0.15) is 12.4 Å². The average Bonchev–Trinajstić information content (AvgIpc) is 3.08. The number of unbranched alkanes of at least 4 members (excludes halogenated alkanes) is 1. The van der Waals surface area contributed by atoms with Crippen LogP contribution in [0.1, 0.15) is 38.3 Å². The van der Waals surface area contributed by atoms with E-state index in [0.29, 0.717) is 18.1 Å². The Kier molecular flexibility index (Phi) is 5.25. The largest absolute Gasteiger partial charge is 0.462 e. The fourth-order valence-corrected chi connectivity index (χ4v) is 3.01. The SMILES string of the molecule is CCCCOC(=O)C1=C(C)Nc2ncnn2C1c1ccc(N(C)C)cc1. The van der Waals surface area contributed by atoms with Crippen LogP contribution in [0.2, 0.25) is 0 Å². The molecule has 1 aromatic carbocycles. The molecular weight excluding hydrogens is 330 g/mol. The van der Waals surface area contributed by atoms with E-state index in [0.717, 1.165) is 29.8 Å². The van der Waals surface area contributed by atoms with Gasteiger partial charge in [-0.25, -0.2) is 9.48 Å². The summed E-state index contributed by atoms with van der Waals surface area (Å²) in [5.74, 6) is 0.306. The molecule has 0 saturated heterocycles. The van der Waals surface area contributed by atoms with Crippen molar-refractivity contribution in [2.45, 2.75) is 32.7 Å². The molecule has 0 spiro atoms. The summed E-state index contributed by atoms with van der Waals surface area (Å²) in [6, 6.07) is 7.73. The number of carbonyl (C=O) groups excluding carboxylic acids is 1. The molecule has 0 amide bonds. The number of fused-ring (bicyclic) bond motifs is 1. The van der Waals surface area contributed by atoms with Crippen LogP contribution >= 0.6 is 0 Å². The summed E-state index contributed by atoms with van der Waals surface area (Å²) in [4.78, 5) is 19.1. The van der Waals surface area contributed by atoms with Gasteiger partial charge in [-0.2, -0.15) is 10.1 Å². The van der Waals surface area contributed by atoms with Crippen LogP contribution in [-0.4, -0.2) is 41.4 Å². The fourth-order valence-electron chi connectivity index (χ4n) is 3.01. The molecule has 0 fully saturated rings. The second kappa shape index (κ2) is 7.59. The first kappa shape index (κ1) is 18.0. The normalized spacial score (nSPS) is 16.1. The summed E-state index contributed by atoms with van der Waals surface area (Å²) in [5, 5.41) is 7.48. The van der Waals surface area contributed by atoms with Crippen LogP contribution in [-0.2, 0) is 9.53 Å². The molecule has 26 heavy (non-hydrogen) atoms. The highest BCUT2D eigenvalue weighted by Crippen LogP contribution is 2.35. The predicted octanol–water partition coefficient (Wildman–Crippen LogP) is 2.98. The number of nitrogens with zero attached hydrogens (tertiary/aromatic N) is 4. The molecule has 0 bridgehead atoms. The molecule has 0 radical (unpaired) electrons. The van der Waals surface area contributed by atoms with Crippen molar-refractivity contribution in [1.29, 1.82) is 0 Å². The number of nitrogens with one attached hydrogen (secondary N) is 1. The second-order valence-corrected chi connectivity index (χ2v) is 6.57. The van der Waals surface area contributed by atoms with Crippen molar-refractivity contribution in [3.63, 3.8) is 0 Å². The summed E-state index contributed by atoms with van der Waals surface area (Å²) in [6.07, 6.45) is 3.32. The zero-order valence-electron chi connectivity index (χ0n) is 15.7. The van der Waals surface area contributed by atoms with Gasteiger partial charge in [0.05, 0.1) is 12.2 Å². The monoisotopic (exact) mass is 355 g/mol. The number of allylic oxidation sites excluding steroid dienone is 1. The van der Waals surface area contributed by atoms with Gasteiger partial charge in [0.25, 0.3) is 0 Å². The lowest BCUT2D eigenvalue weighted by molar-refractivity contribution is -0.139. The third-order valence-electron chi connectivity index (χ3n) is 4.47. The topological polar surface area (TPSA) is 72.3 Å². The summed E-state index contributed by atoms with van der Waals surface area (Å²) in [6.45, 7) is 4.36. The molecule has 2 aromatic rings. The fraction of sp³-hybridized carbons (Fsp3) is 0.421. The Morgan fingerprint density at radius 3 is 2.69 bits per heavy atom. The number of rotatable bonds is 6. The Morgan fingerprint density at radius 1 is 1.31 bits per heavy atom. The molecule has 1 aromatic heterocycles. The average molecular weight is 355 g/mol. The van der Waals surface area contributed by atoms with Gasteiger partial charge in [-0.05, 0) is 31.0 Å². The Balaban J connectivity index is 1.99. The van der Waals surface area contributed by atoms with E-state index in [1.165, 1.54) is 6.33 Å². The van der Waals surface area contributed by atoms with Crippen molar-refractivity contribution in [1.82, 2.24) is 14.8 Å². The highest BCUT2D eigenvalue weighted by molar-refractivity contribution is 5.92. The molecule has 3 rings (SSSR count). The van der Waals surface area contributed by atoms with Crippen molar-refractivity contribution in [3.8, 4) is 0 Å². The Hall–Kier alpha value is -2.83. The van der Waals surface area contributed by atoms with E-state index in [2.05, 4.69) is 22.3 Å². The van der Waals surface area contributed by atoms with Crippen LogP contribution in [0.3, 0.4) is 0 Å². The highest BCUT2D eigenvalue weighted by Gasteiger charge is 2.34. The van der Waals surface area contributed by atoms with E-state index in [4.69, 9.17) is 4.74 Å². The first-order chi connectivity index (χ1) is 12.5. The number of esters is 1. The smallest absolute Gasteiger partial charge is 0.338 e. The van der Waals surface area contributed by atoms with Gasteiger partial charge in [0.15, 0.2) is 0 Å². The van der Waals surface area contributed by atoms with E-state index >= 15 is 0 Å². The van der Waals surface area contributed by atoms with Gasteiger partial charge in [-0.15, -0.1) is 0 Å². The maximum Gasteiger partial charge on any atom is 0.338 e. The van der Waals surface area contributed by atoms with Crippen LogP contribution in [0.25, 0.3) is 0 Å². The Morgan fingerprint density at radius 2 is 2.04 bits per heavy atom. The van der Waals surface area contributed by atoms with E-state index in [-0.39, 0.29) is 12.0 Å². The number of hydrogen-bond acceptors (Lipinski definition) is 6. The minimum atomic E-state index is -0.362. The molecule has 138 valence electrons. The lowest BCUT2D eigenvalue weighted by Crippen LogP contribution is -2.29. The number of benzene rings is 1. The zero-order chi connectivity index (χ0) is 18.7. The minimum absolute atomic E-state index is 0.314. The van der Waals surface area contributed by atoms with Crippen molar-refractivity contribution >= 4 is 17.6 Å². The molecule has 1 atom stereocenters. The van der Waals surface area contributed by atoms with Crippen molar-refractivity contribution in [2.24, 2.45) is 0 Å². The zero-order valence-corrected chi connectivity index (χ0v) is 15.7. The van der Waals surface area contributed by atoms with Crippen molar-refractivity contribution < 1.29 is 9.53 Å². The van der Waals surface area contributed by atoms with Gasteiger partial charge < -0.3 is 15.0 Å². The predicted molar refractivity (Wildman–Crippen MR) is 101 cm³/mol. The molecule has 0 saturated carbocycles. The van der Waals surface area contributed by atoms with Crippen LogP contribution in [0.4, 0.5) is 11.6 Å². The Bertz CT molecular complexity index is 808. The van der Waals surface area contributed by atoms with Crippen LogP contribution in [0, 0.1) is 0 Å². The quantitative estimate of drug-likeness (QED) is 0.634. The van der Waals surface area contributed by atoms with Gasteiger partial charge in [-0.3, -0.25) is 0 Å². The van der Waals surface area contributed by atoms with E-state index < -0.39 is 0 Å². The molecule has 7 nitrogen and oxygen atoms in total. The molecular formula is C19H25N5O2. The summed E-state index contributed by atoms with van der Waals surface area (Å²) >= 11 is 0. The minimum Gasteiger partial charge on any atom is -0.462 e. The van der Waals surface area contributed by atoms with E-state index in [9.17, 15) is 4.79 Å². The van der Waals surface area contributed by atoms with Crippen molar-refractivity contribution in [3.05, 3.63) is 47.4 Å². The van der Waals surface area contributed by atoms with Gasteiger partial charge in [-0.1, -0.05) is 25.5 Å². The van der Waals surface area contributed by atoms with Crippen LogP contribution in [0.15, 0.2) is 41.9 Å². The van der Waals surface area contributed by atoms with Gasteiger partial charge >= 0.3 is 5.97 Å². The van der Waals surface area contributed by atoms with Gasteiger partial charge in [0, 0.05) is 25.5 Å². The van der Waals surface area contributed by atoms with E-state index in [1.807, 2.05) is 50.2 Å². The summed E-state index contributed by atoms with van der Waals surface area (Å²) < 4.78 is 7.22. The molecule has 2 heterocycles. The highest BCUT2D eigenvalue weighted by atomic mass is 16.5. The van der Waals surface area contributed by atoms with Crippen LogP contribution in [0.5, 0.6) is 0 Å². The maximum absolute atomic E-state index is 12.8. The molecule has 1 aliphatic heterocycles. The molecule has 1 aliphatic rings. The molecule has 0 aliphatic carbocycles. The summed E-state index contributed by atoms with van der Waals surface area (Å²) in [7, 11) is 3.99. The van der Waals surface area contributed by atoms with Crippen molar-refractivity contribution in [2.75, 3.05) is 30.9 Å². The lowest BCUT2D eigenvalue weighted by atomic mass is 9.95. The van der Waals surface area contributed by atoms with Crippen LogP contribution < -0.4 is 10.2 Å². The number of carbonyl (C=O) groups is 1. The number of aromatic nitrogens is 3. The Labute approximate surface area is 153 Å². The third-order valence-corrected chi connectivity index (χ3v) is 4.47. The third kappa shape index (κ3) is 3.42. The standard InChI is InChI=1S/C19H25N5O2/c1-5-6-11-26-18(25)16-13(2)22-19-20-12-21-24(19)17(16)14-7-9-15(10-8-14)23(3)4/h7-10,12,17H,5-6,11H2,1-4H3,(H,20,21,22). The number of hydrogen-bond donors (Lipinski definition) is 1. The van der Waals surface area contributed by atoms with Gasteiger partial charge in [0.2, 0.25) is 5.95 Å². The molecule has 7 heteroatoms. The lowest BCUT2D eigenvalue weighted by Gasteiger charge is -2.28. The molecule has 1 N–H and O–H groups in total.